The van der Waals surface area contributed by atoms with Crippen LogP contribution in [-0.2, 0) is 17.5 Å². The van der Waals surface area contributed by atoms with E-state index in [2.05, 4.69) is 15.3 Å². The monoisotopic (exact) mass is 428 g/mol. The Hall–Kier alpha value is -2.26. The predicted molar refractivity (Wildman–Crippen MR) is 104 cm³/mol. The molecule has 2 heterocycles. The summed E-state index contributed by atoms with van der Waals surface area (Å²) in [7, 11) is 0. The summed E-state index contributed by atoms with van der Waals surface area (Å²) in [6.07, 6.45) is -2.20. The van der Waals surface area contributed by atoms with E-state index in [0.717, 1.165) is 23.9 Å². The Labute approximate surface area is 168 Å². The highest BCUT2D eigenvalue weighted by atomic mass is 35.5. The number of fused-ring (bicyclic) bond motifs is 1. The van der Waals surface area contributed by atoms with E-state index in [1.165, 1.54) is 12.3 Å². The topological polar surface area (TPSA) is 59.8 Å². The largest absolute Gasteiger partial charge is 0.416 e. The quantitative estimate of drug-likeness (QED) is 0.430. The highest BCUT2D eigenvalue weighted by Crippen LogP contribution is 2.33. The highest BCUT2D eigenvalue weighted by molar-refractivity contribution is 7.99. The number of halogens is 4. The van der Waals surface area contributed by atoms with Gasteiger partial charge in [0.05, 0.1) is 28.0 Å². The van der Waals surface area contributed by atoms with Crippen LogP contribution >= 0.6 is 23.4 Å². The number of benzene rings is 1. The van der Waals surface area contributed by atoms with E-state index in [-0.39, 0.29) is 16.8 Å². The third-order valence-corrected chi connectivity index (χ3v) is 5.13. The zero-order valence-electron chi connectivity index (χ0n) is 14.8. The smallest absolute Gasteiger partial charge is 0.323 e. The lowest BCUT2D eigenvalue weighted by molar-refractivity contribution is -0.137. The van der Waals surface area contributed by atoms with Gasteiger partial charge in [-0.3, -0.25) is 4.79 Å². The first-order valence-corrected chi connectivity index (χ1v) is 9.76. The van der Waals surface area contributed by atoms with Crippen LogP contribution in [0.25, 0.3) is 11.0 Å². The molecule has 10 heteroatoms. The van der Waals surface area contributed by atoms with Gasteiger partial charge in [0.15, 0.2) is 10.3 Å². The minimum atomic E-state index is -4.42. The summed E-state index contributed by atoms with van der Waals surface area (Å²) < 4.78 is 40.8. The fourth-order valence-electron chi connectivity index (χ4n) is 2.62. The third kappa shape index (κ3) is 4.59. The Morgan fingerprint density at radius 2 is 2.11 bits per heavy atom. The molecule has 0 aliphatic carbocycles. The van der Waals surface area contributed by atoms with E-state index in [1.54, 1.807) is 16.7 Å². The van der Waals surface area contributed by atoms with Crippen molar-refractivity contribution in [2.75, 3.05) is 11.1 Å². The number of carbonyl (C=O) groups is 1. The Bertz CT molecular complexity index is 1010. The summed E-state index contributed by atoms with van der Waals surface area (Å²) in [5.41, 5.74) is 0.527. The molecule has 0 unspecified atom stereocenters. The van der Waals surface area contributed by atoms with Crippen molar-refractivity contribution < 1.29 is 18.0 Å². The third-order valence-electron chi connectivity index (χ3n) is 3.85. The fraction of sp³-hybridized carbons (Fsp3) is 0.278. The van der Waals surface area contributed by atoms with Crippen LogP contribution in [0.3, 0.4) is 0 Å². The number of amides is 1. The van der Waals surface area contributed by atoms with Crippen LogP contribution in [0.2, 0.25) is 5.15 Å². The molecule has 0 aliphatic rings. The van der Waals surface area contributed by atoms with Gasteiger partial charge < -0.3 is 9.88 Å². The zero-order valence-corrected chi connectivity index (χ0v) is 16.3. The number of anilines is 1. The maximum atomic E-state index is 13.0. The summed E-state index contributed by atoms with van der Waals surface area (Å²) in [5.74, 6) is -0.282. The van der Waals surface area contributed by atoms with Crippen LogP contribution in [-0.4, -0.2) is 26.2 Å². The molecule has 2 aromatic heterocycles. The molecule has 0 radical (unpaired) electrons. The van der Waals surface area contributed by atoms with Crippen LogP contribution in [0.15, 0.2) is 41.7 Å². The molecule has 3 aromatic rings. The lowest BCUT2D eigenvalue weighted by Gasteiger charge is -2.10. The molecule has 0 saturated carbocycles. The van der Waals surface area contributed by atoms with Crippen LogP contribution < -0.4 is 5.32 Å². The van der Waals surface area contributed by atoms with E-state index in [9.17, 15) is 18.0 Å². The fourth-order valence-corrected chi connectivity index (χ4v) is 3.63. The number of aromatic nitrogens is 3. The molecule has 0 aliphatic heterocycles. The summed E-state index contributed by atoms with van der Waals surface area (Å²) in [6.45, 7) is 2.42. The first kappa shape index (κ1) is 20.5. The number of pyridine rings is 1. The molecule has 148 valence electrons. The molecular weight excluding hydrogens is 413 g/mol. The normalized spacial score (nSPS) is 11.8. The van der Waals surface area contributed by atoms with Crippen molar-refractivity contribution >= 4 is 46.0 Å². The first-order chi connectivity index (χ1) is 13.3. The number of nitrogens with zero attached hydrogens (tertiary/aromatic N) is 3. The zero-order chi connectivity index (χ0) is 20.3. The lowest BCUT2D eigenvalue weighted by atomic mass is 10.2. The van der Waals surface area contributed by atoms with E-state index in [4.69, 9.17) is 11.6 Å². The highest BCUT2D eigenvalue weighted by Gasteiger charge is 2.31. The number of hydrogen-bond donors (Lipinski definition) is 1. The van der Waals surface area contributed by atoms with Crippen molar-refractivity contribution in [2.24, 2.45) is 0 Å². The summed E-state index contributed by atoms with van der Waals surface area (Å²) in [6, 6.07) is 6.73. The van der Waals surface area contributed by atoms with Gasteiger partial charge in [0.2, 0.25) is 5.91 Å². The Kier molecular flexibility index (Phi) is 6.14. The molecular formula is C18H16ClF3N4OS. The number of alkyl halides is 3. The second-order valence-electron chi connectivity index (χ2n) is 5.93. The van der Waals surface area contributed by atoms with Crippen molar-refractivity contribution in [2.45, 2.75) is 31.2 Å². The van der Waals surface area contributed by atoms with Crippen LogP contribution in [0.5, 0.6) is 0 Å². The molecule has 0 bridgehead atoms. The van der Waals surface area contributed by atoms with Crippen molar-refractivity contribution in [3.63, 3.8) is 0 Å². The van der Waals surface area contributed by atoms with Gasteiger partial charge in [-0.25, -0.2) is 9.97 Å². The average Bonchev–Trinajstić information content (AvgIpc) is 2.98. The molecule has 0 fully saturated rings. The van der Waals surface area contributed by atoms with Gasteiger partial charge in [-0.1, -0.05) is 30.3 Å². The van der Waals surface area contributed by atoms with Crippen LogP contribution in [0.1, 0.15) is 18.9 Å². The standard InChI is InChI=1S/C18H16ClF3N4OS/c1-2-8-26-14-9-11(18(20,21)22)5-6-12(14)25-17(26)28-10-15(27)24-13-4-3-7-23-16(13)19/h3-7,9H,2,8,10H2,1H3,(H,24,27). The second kappa shape index (κ2) is 8.40. The number of aryl methyl sites for hydroxylation is 1. The predicted octanol–water partition coefficient (Wildman–Crippen LogP) is 5.24. The molecule has 0 spiro atoms. The van der Waals surface area contributed by atoms with Gasteiger partial charge in [0.25, 0.3) is 0 Å². The first-order valence-electron chi connectivity index (χ1n) is 8.40. The maximum Gasteiger partial charge on any atom is 0.416 e. The van der Waals surface area contributed by atoms with Gasteiger partial charge >= 0.3 is 6.18 Å². The molecule has 1 N–H and O–H groups in total. The minimum absolute atomic E-state index is 0.0321. The van der Waals surface area contributed by atoms with E-state index >= 15 is 0 Å². The van der Waals surface area contributed by atoms with Crippen LogP contribution in [0.4, 0.5) is 18.9 Å². The SMILES string of the molecule is CCCn1c(SCC(=O)Nc2cccnc2Cl)nc2ccc(C(F)(F)F)cc21. The van der Waals surface area contributed by atoms with E-state index < -0.39 is 11.7 Å². The Morgan fingerprint density at radius 1 is 1.32 bits per heavy atom. The second-order valence-corrected chi connectivity index (χ2v) is 7.23. The lowest BCUT2D eigenvalue weighted by Crippen LogP contribution is -2.15. The van der Waals surface area contributed by atoms with Crippen LogP contribution in [0, 0.1) is 0 Å². The summed E-state index contributed by atoms with van der Waals surface area (Å²) in [5, 5.41) is 3.32. The van der Waals surface area contributed by atoms with Gasteiger partial charge in [0, 0.05) is 12.7 Å². The van der Waals surface area contributed by atoms with Crippen molar-refractivity contribution in [1.29, 1.82) is 0 Å². The number of imidazole rings is 1. The molecule has 3 rings (SSSR count). The van der Waals surface area contributed by atoms with Gasteiger partial charge in [-0.05, 0) is 36.8 Å². The van der Waals surface area contributed by atoms with Crippen molar-refractivity contribution in [1.82, 2.24) is 14.5 Å². The molecule has 0 atom stereocenters. The van der Waals surface area contributed by atoms with Crippen molar-refractivity contribution in [3.8, 4) is 0 Å². The molecule has 1 aromatic carbocycles. The van der Waals surface area contributed by atoms with E-state index in [1.807, 2.05) is 6.92 Å². The molecule has 1 amide bonds. The Morgan fingerprint density at radius 3 is 2.79 bits per heavy atom. The number of hydrogen-bond acceptors (Lipinski definition) is 4. The average molecular weight is 429 g/mol. The maximum absolute atomic E-state index is 13.0. The number of rotatable bonds is 6. The summed E-state index contributed by atoms with van der Waals surface area (Å²) >= 11 is 7.07. The molecule has 0 saturated heterocycles. The summed E-state index contributed by atoms with van der Waals surface area (Å²) in [4.78, 5) is 20.5. The number of thioether (sulfide) groups is 1. The molecule has 28 heavy (non-hydrogen) atoms. The van der Waals surface area contributed by atoms with E-state index in [0.29, 0.717) is 34.8 Å². The Balaban J connectivity index is 1.81. The van der Waals surface area contributed by atoms with Crippen molar-refractivity contribution in [3.05, 3.63) is 47.2 Å². The van der Waals surface area contributed by atoms with Gasteiger partial charge in [-0.2, -0.15) is 13.2 Å². The van der Waals surface area contributed by atoms with Gasteiger partial charge in [-0.15, -0.1) is 0 Å². The number of carbonyl (C=O) groups excluding carboxylic acids is 1. The number of nitrogens with one attached hydrogen (secondary N) is 1. The van der Waals surface area contributed by atoms with Gasteiger partial charge in [0.1, 0.15) is 0 Å². The minimum Gasteiger partial charge on any atom is -0.323 e. The molecule has 5 nitrogen and oxygen atoms in total.